The number of nitrogens with zero attached hydrogens (tertiary/aromatic N) is 4. The Hall–Kier alpha value is -2.87. The van der Waals surface area contributed by atoms with Gasteiger partial charge in [0, 0.05) is 36.4 Å². The molecule has 0 radical (unpaired) electrons. The number of ether oxygens (including phenoxy) is 1. The lowest BCUT2D eigenvalue weighted by Gasteiger charge is -2.23. The van der Waals surface area contributed by atoms with Gasteiger partial charge in [0.15, 0.2) is 5.13 Å². The highest BCUT2D eigenvalue weighted by Crippen LogP contribution is 2.31. The van der Waals surface area contributed by atoms with Gasteiger partial charge in [-0.05, 0) is 37.8 Å². The molecule has 1 fully saturated rings. The molecular formula is C23H29N5O2S. The molecule has 1 aliphatic heterocycles. The number of nitrogens with one attached hydrogen (secondary N) is 1. The number of rotatable bonds is 8. The summed E-state index contributed by atoms with van der Waals surface area (Å²) in [5.41, 5.74) is 1.07. The summed E-state index contributed by atoms with van der Waals surface area (Å²) >= 11 is 1.59. The number of hydrogen-bond donors (Lipinski definition) is 1. The third kappa shape index (κ3) is 4.74. The van der Waals surface area contributed by atoms with Crippen LogP contribution in [0.5, 0.6) is 5.88 Å². The summed E-state index contributed by atoms with van der Waals surface area (Å²) in [4.78, 5) is 24.2. The molecule has 0 unspecified atom stereocenters. The van der Waals surface area contributed by atoms with Crippen LogP contribution in [0.25, 0.3) is 10.9 Å². The molecule has 8 heteroatoms. The number of pyridine rings is 1. The van der Waals surface area contributed by atoms with Crippen LogP contribution in [0.1, 0.15) is 31.6 Å². The SMILES string of the molecule is C=CC(=O)N1CCC[C@H]1COc1nc(Nc2ncc(C)s2)cc2c1ccn2CC(C)C. The lowest BCUT2D eigenvalue weighted by molar-refractivity contribution is -0.127. The van der Waals surface area contributed by atoms with Crippen LogP contribution >= 0.6 is 11.3 Å². The maximum Gasteiger partial charge on any atom is 0.246 e. The number of carbonyl (C=O) groups excluding carboxylic acids is 1. The van der Waals surface area contributed by atoms with E-state index in [0.29, 0.717) is 24.2 Å². The van der Waals surface area contributed by atoms with Crippen LogP contribution in [0.3, 0.4) is 0 Å². The lowest BCUT2D eigenvalue weighted by Crippen LogP contribution is -2.38. The number of amides is 1. The molecule has 1 N–H and O–H groups in total. The van der Waals surface area contributed by atoms with Crippen LogP contribution in [0.2, 0.25) is 0 Å². The molecule has 1 amide bonds. The van der Waals surface area contributed by atoms with E-state index in [1.54, 1.807) is 11.3 Å². The van der Waals surface area contributed by atoms with Crippen LogP contribution < -0.4 is 10.1 Å². The average molecular weight is 440 g/mol. The van der Waals surface area contributed by atoms with E-state index < -0.39 is 0 Å². The van der Waals surface area contributed by atoms with E-state index in [2.05, 4.69) is 47.6 Å². The zero-order chi connectivity index (χ0) is 22.0. The number of aromatic nitrogens is 3. The molecule has 31 heavy (non-hydrogen) atoms. The molecule has 4 heterocycles. The number of aryl methyl sites for hydroxylation is 1. The van der Waals surface area contributed by atoms with Crippen molar-refractivity contribution in [2.75, 3.05) is 18.5 Å². The van der Waals surface area contributed by atoms with Crippen molar-refractivity contribution in [3.05, 3.63) is 42.1 Å². The summed E-state index contributed by atoms with van der Waals surface area (Å²) in [5, 5.41) is 5.09. The minimum atomic E-state index is -0.0400. The first-order valence-electron chi connectivity index (χ1n) is 10.7. The molecule has 3 aromatic rings. The zero-order valence-electron chi connectivity index (χ0n) is 18.3. The fraction of sp³-hybridized carbons (Fsp3) is 0.435. The van der Waals surface area contributed by atoms with Crippen molar-refractivity contribution < 1.29 is 9.53 Å². The van der Waals surface area contributed by atoms with Crippen LogP contribution in [0.4, 0.5) is 10.9 Å². The first-order valence-corrected chi connectivity index (χ1v) is 11.5. The van der Waals surface area contributed by atoms with E-state index in [4.69, 9.17) is 9.72 Å². The van der Waals surface area contributed by atoms with Crippen molar-refractivity contribution in [2.45, 2.75) is 46.2 Å². The minimum absolute atomic E-state index is 0.0400. The first-order chi connectivity index (χ1) is 14.9. The molecule has 3 aromatic heterocycles. The molecule has 7 nitrogen and oxygen atoms in total. The number of thiazole rings is 1. The molecule has 0 saturated carbocycles. The largest absolute Gasteiger partial charge is 0.475 e. The molecule has 1 atom stereocenters. The molecule has 0 spiro atoms. The fourth-order valence-electron chi connectivity index (χ4n) is 4.00. The van der Waals surface area contributed by atoms with E-state index in [1.165, 1.54) is 6.08 Å². The summed E-state index contributed by atoms with van der Waals surface area (Å²) in [6.07, 6.45) is 7.20. The number of hydrogen-bond acceptors (Lipinski definition) is 6. The molecule has 164 valence electrons. The van der Waals surface area contributed by atoms with Crippen molar-refractivity contribution in [3.63, 3.8) is 0 Å². The molecular weight excluding hydrogens is 410 g/mol. The molecule has 0 aliphatic carbocycles. The Morgan fingerprint density at radius 2 is 2.32 bits per heavy atom. The van der Waals surface area contributed by atoms with Crippen LogP contribution in [-0.4, -0.2) is 44.5 Å². The number of carbonyl (C=O) groups is 1. The van der Waals surface area contributed by atoms with E-state index in [-0.39, 0.29) is 11.9 Å². The van der Waals surface area contributed by atoms with Gasteiger partial charge in [-0.2, -0.15) is 4.98 Å². The Morgan fingerprint density at radius 1 is 1.48 bits per heavy atom. The maximum absolute atomic E-state index is 12.1. The smallest absolute Gasteiger partial charge is 0.246 e. The van der Waals surface area contributed by atoms with Crippen molar-refractivity contribution >= 4 is 39.1 Å². The van der Waals surface area contributed by atoms with Gasteiger partial charge in [-0.3, -0.25) is 4.79 Å². The fourth-order valence-corrected chi connectivity index (χ4v) is 4.67. The van der Waals surface area contributed by atoms with Gasteiger partial charge in [0.2, 0.25) is 11.8 Å². The minimum Gasteiger partial charge on any atom is -0.475 e. The summed E-state index contributed by atoms with van der Waals surface area (Å²) < 4.78 is 8.45. The van der Waals surface area contributed by atoms with E-state index in [0.717, 1.165) is 46.8 Å². The second kappa shape index (κ2) is 9.09. The molecule has 1 aliphatic rings. The summed E-state index contributed by atoms with van der Waals surface area (Å²) in [5.74, 6) is 1.75. The summed E-state index contributed by atoms with van der Waals surface area (Å²) in [6.45, 7) is 12.1. The molecule has 4 rings (SSSR count). The van der Waals surface area contributed by atoms with Gasteiger partial charge >= 0.3 is 0 Å². The van der Waals surface area contributed by atoms with Gasteiger partial charge in [0.05, 0.1) is 16.9 Å². The van der Waals surface area contributed by atoms with Crippen LogP contribution in [0.15, 0.2) is 37.2 Å². The second-order valence-corrected chi connectivity index (χ2v) is 9.59. The number of likely N-dealkylation sites (tertiary alicyclic amines) is 1. The highest BCUT2D eigenvalue weighted by molar-refractivity contribution is 7.15. The van der Waals surface area contributed by atoms with Crippen LogP contribution in [0, 0.1) is 12.8 Å². The standard InChI is InChI=1S/C23H29N5O2S/c1-5-21(29)28-9-6-7-17(28)14-30-22-18-8-10-27(13-15(2)3)19(18)11-20(25-22)26-23-24-12-16(4)31-23/h5,8,10-12,15,17H,1,6-7,9,13-14H2,2-4H3,(H,24,25,26)/t17-/m0/s1. The van der Waals surface area contributed by atoms with Crippen LogP contribution in [-0.2, 0) is 11.3 Å². The summed E-state index contributed by atoms with van der Waals surface area (Å²) in [7, 11) is 0. The van der Waals surface area contributed by atoms with Gasteiger partial charge in [-0.25, -0.2) is 4.98 Å². The zero-order valence-corrected chi connectivity index (χ0v) is 19.1. The normalized spacial score (nSPS) is 16.3. The second-order valence-electron chi connectivity index (χ2n) is 8.35. The number of anilines is 2. The van der Waals surface area contributed by atoms with Gasteiger partial charge in [-0.15, -0.1) is 11.3 Å². The summed E-state index contributed by atoms with van der Waals surface area (Å²) in [6, 6.07) is 4.14. The molecule has 0 aromatic carbocycles. The van der Waals surface area contributed by atoms with Gasteiger partial charge in [0.25, 0.3) is 0 Å². The Bertz CT molecular complexity index is 1090. The van der Waals surface area contributed by atoms with Crippen molar-refractivity contribution in [2.24, 2.45) is 5.92 Å². The highest BCUT2D eigenvalue weighted by atomic mass is 32.1. The van der Waals surface area contributed by atoms with Gasteiger partial charge in [-0.1, -0.05) is 20.4 Å². The predicted octanol–water partition coefficient (Wildman–Crippen LogP) is 4.76. The lowest BCUT2D eigenvalue weighted by atomic mass is 10.2. The van der Waals surface area contributed by atoms with Crippen molar-refractivity contribution in [3.8, 4) is 5.88 Å². The third-order valence-electron chi connectivity index (χ3n) is 5.40. The quantitative estimate of drug-likeness (QED) is 0.513. The third-order valence-corrected chi connectivity index (χ3v) is 6.23. The molecule has 0 bridgehead atoms. The van der Waals surface area contributed by atoms with Gasteiger partial charge in [0.1, 0.15) is 12.4 Å². The topological polar surface area (TPSA) is 72.3 Å². The van der Waals surface area contributed by atoms with E-state index >= 15 is 0 Å². The molecule has 1 saturated heterocycles. The Labute approximate surface area is 186 Å². The van der Waals surface area contributed by atoms with Gasteiger partial charge < -0.3 is 19.5 Å². The Kier molecular flexibility index (Phi) is 6.27. The highest BCUT2D eigenvalue weighted by Gasteiger charge is 2.28. The monoisotopic (exact) mass is 439 g/mol. The van der Waals surface area contributed by atoms with Crippen molar-refractivity contribution in [1.29, 1.82) is 0 Å². The van der Waals surface area contributed by atoms with Crippen molar-refractivity contribution in [1.82, 2.24) is 19.4 Å². The first kappa shape index (κ1) is 21.4. The average Bonchev–Trinajstić information content (AvgIpc) is 3.46. The number of fused-ring (bicyclic) bond motifs is 1. The maximum atomic E-state index is 12.1. The van der Waals surface area contributed by atoms with E-state index in [9.17, 15) is 4.79 Å². The predicted molar refractivity (Wildman–Crippen MR) is 125 cm³/mol. The Morgan fingerprint density at radius 3 is 3.03 bits per heavy atom. The van der Waals surface area contributed by atoms with E-state index in [1.807, 2.05) is 24.1 Å². The Balaban J connectivity index is 1.63.